The highest BCUT2D eigenvalue weighted by Crippen LogP contribution is 2.31. The van der Waals surface area contributed by atoms with E-state index in [0.29, 0.717) is 5.75 Å². The van der Waals surface area contributed by atoms with Gasteiger partial charge in [0.2, 0.25) is 0 Å². The van der Waals surface area contributed by atoms with Crippen molar-refractivity contribution in [3.63, 3.8) is 0 Å². The number of nitrogens with zero attached hydrogens (tertiary/aromatic N) is 2. The zero-order chi connectivity index (χ0) is 16.2. The summed E-state index contributed by atoms with van der Waals surface area (Å²) in [4.78, 5) is 12.8. The maximum Gasteiger partial charge on any atom is 0.273 e. The SMILES string of the molecule is CN1CCC(Oc2cccc([N+](=O)[O-])c2)C(c2ccccc2)C1. The zero-order valence-corrected chi connectivity index (χ0v) is 13.1. The van der Waals surface area contributed by atoms with E-state index in [9.17, 15) is 10.1 Å². The van der Waals surface area contributed by atoms with Gasteiger partial charge in [-0.15, -0.1) is 0 Å². The van der Waals surface area contributed by atoms with Crippen LogP contribution in [0.1, 0.15) is 17.9 Å². The minimum absolute atomic E-state index is 0.0237. The predicted octanol–water partition coefficient (Wildman–Crippen LogP) is 3.46. The number of piperidine rings is 1. The summed E-state index contributed by atoms with van der Waals surface area (Å²) in [5, 5.41) is 10.9. The van der Waals surface area contributed by atoms with Crippen molar-refractivity contribution in [2.24, 2.45) is 0 Å². The second-order valence-corrected chi connectivity index (χ2v) is 5.98. The first-order chi connectivity index (χ1) is 11.1. The highest BCUT2D eigenvalue weighted by molar-refractivity contribution is 5.38. The average molecular weight is 312 g/mol. The quantitative estimate of drug-likeness (QED) is 0.641. The van der Waals surface area contributed by atoms with Crippen molar-refractivity contribution >= 4 is 5.69 Å². The van der Waals surface area contributed by atoms with Crippen molar-refractivity contribution in [1.82, 2.24) is 4.90 Å². The Labute approximate surface area is 135 Å². The lowest BCUT2D eigenvalue weighted by molar-refractivity contribution is -0.385. The summed E-state index contributed by atoms with van der Waals surface area (Å²) >= 11 is 0. The molecule has 3 rings (SSSR count). The second kappa shape index (κ2) is 6.79. The van der Waals surface area contributed by atoms with Crippen molar-refractivity contribution in [2.45, 2.75) is 18.4 Å². The first-order valence-electron chi connectivity index (χ1n) is 7.78. The fraction of sp³-hybridized carbons (Fsp3) is 0.333. The molecule has 120 valence electrons. The highest BCUT2D eigenvalue weighted by atomic mass is 16.6. The van der Waals surface area contributed by atoms with Gasteiger partial charge in [0.05, 0.1) is 11.0 Å². The monoisotopic (exact) mass is 312 g/mol. The van der Waals surface area contributed by atoms with Crippen molar-refractivity contribution in [3.05, 3.63) is 70.3 Å². The van der Waals surface area contributed by atoms with Gasteiger partial charge in [0.15, 0.2) is 0 Å². The van der Waals surface area contributed by atoms with Crippen LogP contribution in [0.4, 0.5) is 5.69 Å². The van der Waals surface area contributed by atoms with E-state index in [-0.39, 0.29) is 17.7 Å². The van der Waals surface area contributed by atoms with Crippen molar-refractivity contribution in [3.8, 4) is 5.75 Å². The van der Waals surface area contributed by atoms with Crippen LogP contribution in [-0.2, 0) is 0 Å². The molecule has 1 heterocycles. The van der Waals surface area contributed by atoms with E-state index in [1.165, 1.54) is 17.7 Å². The maximum absolute atomic E-state index is 10.9. The van der Waals surface area contributed by atoms with Crippen LogP contribution < -0.4 is 4.74 Å². The molecule has 2 aromatic carbocycles. The summed E-state index contributed by atoms with van der Waals surface area (Å²) in [6.07, 6.45) is 0.925. The van der Waals surface area contributed by atoms with E-state index in [4.69, 9.17) is 4.74 Å². The van der Waals surface area contributed by atoms with E-state index in [2.05, 4.69) is 24.1 Å². The number of benzene rings is 2. The molecule has 5 nitrogen and oxygen atoms in total. The summed E-state index contributed by atoms with van der Waals surface area (Å²) < 4.78 is 6.13. The standard InChI is InChI=1S/C18H20N2O3/c1-19-11-10-18(17(13-19)14-6-3-2-4-7-14)23-16-9-5-8-15(12-16)20(21)22/h2-9,12,17-18H,10-11,13H2,1H3. The molecule has 23 heavy (non-hydrogen) atoms. The predicted molar refractivity (Wildman–Crippen MR) is 88.8 cm³/mol. The molecule has 0 N–H and O–H groups in total. The molecule has 1 fully saturated rings. The number of ether oxygens (including phenoxy) is 1. The molecule has 2 unspecified atom stereocenters. The number of hydrogen-bond donors (Lipinski definition) is 0. The molecule has 0 aromatic heterocycles. The summed E-state index contributed by atoms with van der Waals surface area (Å²) in [5.74, 6) is 0.823. The highest BCUT2D eigenvalue weighted by Gasteiger charge is 2.30. The van der Waals surface area contributed by atoms with Crippen molar-refractivity contribution < 1.29 is 9.66 Å². The second-order valence-electron chi connectivity index (χ2n) is 5.98. The Morgan fingerprint density at radius 3 is 2.70 bits per heavy atom. The fourth-order valence-corrected chi connectivity index (χ4v) is 3.10. The van der Waals surface area contributed by atoms with Gasteiger partial charge in [0, 0.05) is 25.1 Å². The van der Waals surface area contributed by atoms with Crippen LogP contribution in [-0.4, -0.2) is 36.1 Å². The molecule has 0 bridgehead atoms. The topological polar surface area (TPSA) is 55.6 Å². The van der Waals surface area contributed by atoms with Gasteiger partial charge in [-0.05, 0) is 25.1 Å². The lowest BCUT2D eigenvalue weighted by Gasteiger charge is -2.37. The first kappa shape index (κ1) is 15.5. The Morgan fingerprint density at radius 2 is 1.96 bits per heavy atom. The minimum Gasteiger partial charge on any atom is -0.489 e. The van der Waals surface area contributed by atoms with E-state index < -0.39 is 4.92 Å². The summed E-state index contributed by atoms with van der Waals surface area (Å²) in [5.41, 5.74) is 1.31. The molecule has 0 radical (unpaired) electrons. The molecule has 5 heteroatoms. The van der Waals surface area contributed by atoms with Crippen LogP contribution in [0.25, 0.3) is 0 Å². The molecular formula is C18H20N2O3. The van der Waals surface area contributed by atoms with E-state index >= 15 is 0 Å². The van der Waals surface area contributed by atoms with E-state index in [1.54, 1.807) is 12.1 Å². The molecule has 2 aromatic rings. The smallest absolute Gasteiger partial charge is 0.273 e. The third-order valence-corrected chi connectivity index (χ3v) is 4.30. The molecule has 1 aliphatic heterocycles. The van der Waals surface area contributed by atoms with E-state index in [1.807, 2.05) is 18.2 Å². The van der Waals surface area contributed by atoms with Gasteiger partial charge in [-0.2, -0.15) is 0 Å². The number of rotatable bonds is 4. The zero-order valence-electron chi connectivity index (χ0n) is 13.1. The molecular weight excluding hydrogens is 292 g/mol. The normalized spacial score (nSPS) is 21.8. The van der Waals surface area contributed by atoms with Gasteiger partial charge in [-0.3, -0.25) is 10.1 Å². The minimum atomic E-state index is -0.393. The number of likely N-dealkylation sites (N-methyl/N-ethyl adjacent to an activating group) is 1. The lowest BCUT2D eigenvalue weighted by atomic mass is 9.88. The van der Waals surface area contributed by atoms with Crippen LogP contribution in [0, 0.1) is 10.1 Å². The molecule has 2 atom stereocenters. The third-order valence-electron chi connectivity index (χ3n) is 4.30. The maximum atomic E-state index is 10.9. The Hall–Kier alpha value is -2.40. The van der Waals surface area contributed by atoms with Crippen LogP contribution >= 0.6 is 0 Å². The summed E-state index contributed by atoms with van der Waals surface area (Å²) in [6, 6.07) is 16.8. The van der Waals surface area contributed by atoms with Crippen molar-refractivity contribution in [1.29, 1.82) is 0 Å². The van der Waals surface area contributed by atoms with Gasteiger partial charge >= 0.3 is 0 Å². The molecule has 0 aliphatic carbocycles. The van der Waals surface area contributed by atoms with E-state index in [0.717, 1.165) is 19.5 Å². The van der Waals surface area contributed by atoms with Crippen LogP contribution in [0.5, 0.6) is 5.75 Å². The molecule has 0 spiro atoms. The molecule has 0 saturated carbocycles. The molecule has 0 amide bonds. The summed E-state index contributed by atoms with van der Waals surface area (Å²) in [6.45, 7) is 1.88. The Balaban J connectivity index is 1.82. The van der Waals surface area contributed by atoms with Crippen LogP contribution in [0.3, 0.4) is 0 Å². The lowest BCUT2D eigenvalue weighted by Crippen LogP contribution is -2.42. The van der Waals surface area contributed by atoms with Crippen LogP contribution in [0.2, 0.25) is 0 Å². The number of nitro benzene ring substituents is 1. The molecule has 1 aliphatic rings. The van der Waals surface area contributed by atoms with Gasteiger partial charge < -0.3 is 9.64 Å². The average Bonchev–Trinajstić information content (AvgIpc) is 2.57. The fourth-order valence-electron chi connectivity index (χ4n) is 3.10. The number of hydrogen-bond acceptors (Lipinski definition) is 4. The number of likely N-dealkylation sites (tertiary alicyclic amines) is 1. The third kappa shape index (κ3) is 3.68. The van der Waals surface area contributed by atoms with Crippen molar-refractivity contribution in [2.75, 3.05) is 20.1 Å². The Bertz CT molecular complexity index is 675. The largest absolute Gasteiger partial charge is 0.489 e. The number of nitro groups is 1. The van der Waals surface area contributed by atoms with Crippen LogP contribution in [0.15, 0.2) is 54.6 Å². The molecule has 1 saturated heterocycles. The number of non-ortho nitro benzene ring substituents is 1. The van der Waals surface area contributed by atoms with Gasteiger partial charge in [0.1, 0.15) is 11.9 Å². The van der Waals surface area contributed by atoms with Gasteiger partial charge in [0.25, 0.3) is 5.69 Å². The Kier molecular flexibility index (Phi) is 4.57. The first-order valence-corrected chi connectivity index (χ1v) is 7.78. The summed E-state index contributed by atoms with van der Waals surface area (Å²) in [7, 11) is 2.11. The Morgan fingerprint density at radius 1 is 1.17 bits per heavy atom. The van der Waals surface area contributed by atoms with Gasteiger partial charge in [-0.1, -0.05) is 36.4 Å². The van der Waals surface area contributed by atoms with Gasteiger partial charge in [-0.25, -0.2) is 0 Å².